The molecule has 0 bridgehead atoms. The van der Waals surface area contributed by atoms with Crippen LogP contribution >= 0.6 is 0 Å². The van der Waals surface area contributed by atoms with Gasteiger partial charge in [-0.3, -0.25) is 9.52 Å². The second-order valence-corrected chi connectivity index (χ2v) is 8.91. The summed E-state index contributed by atoms with van der Waals surface area (Å²) >= 11 is 0. The zero-order chi connectivity index (χ0) is 22.4. The number of ether oxygens (including phenoxy) is 1. The average molecular weight is 437 g/mol. The van der Waals surface area contributed by atoms with E-state index in [0.717, 1.165) is 11.1 Å². The lowest BCUT2D eigenvalue weighted by atomic mass is 10.2. The van der Waals surface area contributed by atoms with Gasteiger partial charge in [0.05, 0.1) is 4.90 Å². The Morgan fingerprint density at radius 2 is 1.61 bits per heavy atom. The highest BCUT2D eigenvalue weighted by atomic mass is 32.2. The molecule has 1 amide bonds. The predicted octanol–water partition coefficient (Wildman–Crippen LogP) is 5.00. The Labute approximate surface area is 182 Å². The van der Waals surface area contributed by atoms with Crippen LogP contribution in [-0.4, -0.2) is 20.9 Å². The van der Waals surface area contributed by atoms with Crippen LogP contribution in [0.5, 0.6) is 5.75 Å². The normalized spacial score (nSPS) is 10.9. The van der Waals surface area contributed by atoms with E-state index < -0.39 is 10.0 Å². The average Bonchev–Trinajstić information content (AvgIpc) is 2.74. The second-order valence-electron chi connectivity index (χ2n) is 7.22. The number of amides is 1. The Hall–Kier alpha value is -3.58. The van der Waals surface area contributed by atoms with Crippen LogP contribution in [-0.2, 0) is 10.0 Å². The Balaban J connectivity index is 1.67. The number of sulfonamides is 1. The molecule has 0 aliphatic heterocycles. The molecule has 160 valence electrons. The van der Waals surface area contributed by atoms with Gasteiger partial charge in [-0.2, -0.15) is 0 Å². The quantitative estimate of drug-likeness (QED) is 0.487. The molecule has 31 heavy (non-hydrogen) atoms. The fourth-order valence-electron chi connectivity index (χ4n) is 2.69. The van der Waals surface area contributed by atoms with Crippen molar-refractivity contribution < 1.29 is 17.9 Å². The summed E-state index contributed by atoms with van der Waals surface area (Å²) in [5.41, 5.74) is 3.30. The lowest BCUT2D eigenvalue weighted by Crippen LogP contribution is -2.14. The van der Waals surface area contributed by atoms with Crippen molar-refractivity contribution in [3.63, 3.8) is 0 Å². The zero-order valence-corrected chi connectivity index (χ0v) is 18.2. The third-order valence-corrected chi connectivity index (χ3v) is 5.70. The van der Waals surface area contributed by atoms with Crippen molar-refractivity contribution in [1.82, 2.24) is 0 Å². The molecule has 0 atom stereocenters. The van der Waals surface area contributed by atoms with E-state index in [4.69, 9.17) is 4.74 Å². The van der Waals surface area contributed by atoms with E-state index in [1.807, 2.05) is 26.0 Å². The minimum absolute atomic E-state index is 0.0984. The Morgan fingerprint density at radius 3 is 2.26 bits per heavy atom. The summed E-state index contributed by atoms with van der Waals surface area (Å²) < 4.78 is 33.2. The van der Waals surface area contributed by atoms with Crippen LogP contribution in [0.4, 0.5) is 11.4 Å². The fraction of sp³-hybridized carbons (Fsp3) is 0.125. The standard InChI is InChI=1S/C24H24N2O4S/c1-17(2)16-30-22-6-4-5-19(15-22)24(27)25-20-11-13-23(14-12-20)31(28,29)26-21-9-7-18(3)8-10-21/h4-15,26H,1,16H2,2-3H3,(H,25,27). The smallest absolute Gasteiger partial charge is 0.261 e. The number of hydrogen-bond donors (Lipinski definition) is 2. The molecule has 3 aromatic carbocycles. The number of carbonyl (C=O) groups is 1. The van der Waals surface area contributed by atoms with Crippen molar-refractivity contribution in [1.29, 1.82) is 0 Å². The molecule has 0 aromatic heterocycles. The molecule has 0 saturated carbocycles. The number of carbonyl (C=O) groups excluding carboxylic acids is 1. The van der Waals surface area contributed by atoms with Crippen LogP contribution in [0.15, 0.2) is 89.8 Å². The Morgan fingerprint density at radius 1 is 0.968 bits per heavy atom. The number of rotatable bonds is 8. The molecule has 3 aromatic rings. The molecule has 0 radical (unpaired) electrons. The topological polar surface area (TPSA) is 84.5 Å². The summed E-state index contributed by atoms with van der Waals surface area (Å²) in [5, 5.41) is 2.76. The molecule has 3 rings (SSSR count). The van der Waals surface area contributed by atoms with E-state index in [2.05, 4.69) is 16.6 Å². The summed E-state index contributed by atoms with van der Waals surface area (Å²) in [6.45, 7) is 7.94. The molecule has 0 saturated heterocycles. The van der Waals surface area contributed by atoms with Gasteiger partial charge in [-0.15, -0.1) is 0 Å². The lowest BCUT2D eigenvalue weighted by Gasteiger charge is -2.10. The molecule has 0 unspecified atom stereocenters. The van der Waals surface area contributed by atoms with E-state index >= 15 is 0 Å². The molecule has 6 nitrogen and oxygen atoms in total. The van der Waals surface area contributed by atoms with Gasteiger partial charge in [-0.1, -0.05) is 30.3 Å². The van der Waals surface area contributed by atoms with Crippen molar-refractivity contribution in [2.24, 2.45) is 0 Å². The second kappa shape index (κ2) is 9.49. The van der Waals surface area contributed by atoms with Gasteiger partial charge >= 0.3 is 0 Å². The molecule has 0 aliphatic carbocycles. The van der Waals surface area contributed by atoms with E-state index in [1.54, 1.807) is 48.5 Å². The third-order valence-electron chi connectivity index (χ3n) is 4.31. The van der Waals surface area contributed by atoms with Crippen molar-refractivity contribution in [2.75, 3.05) is 16.6 Å². The third kappa shape index (κ3) is 6.20. The first kappa shape index (κ1) is 22.1. The minimum Gasteiger partial charge on any atom is -0.489 e. The van der Waals surface area contributed by atoms with E-state index in [-0.39, 0.29) is 10.8 Å². The van der Waals surface area contributed by atoms with Gasteiger partial charge in [-0.05, 0) is 74.0 Å². The van der Waals surface area contributed by atoms with Crippen molar-refractivity contribution >= 4 is 27.3 Å². The number of aryl methyl sites for hydroxylation is 1. The SMILES string of the molecule is C=C(C)COc1cccc(C(=O)Nc2ccc(S(=O)(=O)Nc3ccc(C)cc3)cc2)c1. The zero-order valence-electron chi connectivity index (χ0n) is 17.4. The van der Waals surface area contributed by atoms with Crippen molar-refractivity contribution in [2.45, 2.75) is 18.7 Å². The van der Waals surface area contributed by atoms with Crippen LogP contribution in [0.2, 0.25) is 0 Å². The highest BCUT2D eigenvalue weighted by molar-refractivity contribution is 7.92. The molecule has 0 aliphatic rings. The first-order valence-electron chi connectivity index (χ1n) is 9.61. The summed E-state index contributed by atoms with van der Waals surface area (Å²) in [7, 11) is -3.73. The maximum atomic E-state index is 12.6. The number of anilines is 2. The molecule has 7 heteroatoms. The molecule has 0 fully saturated rings. The molecule has 0 heterocycles. The van der Waals surface area contributed by atoms with E-state index in [0.29, 0.717) is 29.3 Å². The highest BCUT2D eigenvalue weighted by Gasteiger charge is 2.15. The number of nitrogens with one attached hydrogen (secondary N) is 2. The monoisotopic (exact) mass is 436 g/mol. The van der Waals surface area contributed by atoms with Crippen LogP contribution in [0.1, 0.15) is 22.8 Å². The minimum atomic E-state index is -3.73. The van der Waals surface area contributed by atoms with Gasteiger partial charge in [0, 0.05) is 16.9 Å². The van der Waals surface area contributed by atoms with Crippen LogP contribution in [0.3, 0.4) is 0 Å². The summed E-state index contributed by atoms with van der Waals surface area (Å²) in [6.07, 6.45) is 0. The van der Waals surface area contributed by atoms with E-state index in [1.165, 1.54) is 12.1 Å². The van der Waals surface area contributed by atoms with Gasteiger partial charge in [0.25, 0.3) is 15.9 Å². The summed E-state index contributed by atoms with van der Waals surface area (Å²) in [4.78, 5) is 12.6. The Bertz CT molecular complexity index is 1190. The van der Waals surface area contributed by atoms with Crippen LogP contribution in [0, 0.1) is 6.92 Å². The van der Waals surface area contributed by atoms with Crippen molar-refractivity contribution in [3.8, 4) is 5.75 Å². The highest BCUT2D eigenvalue weighted by Crippen LogP contribution is 2.20. The molecular weight excluding hydrogens is 412 g/mol. The Kier molecular flexibility index (Phi) is 6.77. The van der Waals surface area contributed by atoms with Gasteiger partial charge in [-0.25, -0.2) is 8.42 Å². The van der Waals surface area contributed by atoms with Crippen LogP contribution < -0.4 is 14.8 Å². The summed E-state index contributed by atoms with van der Waals surface area (Å²) in [5.74, 6) is 0.244. The van der Waals surface area contributed by atoms with Gasteiger partial charge in [0.2, 0.25) is 0 Å². The first-order valence-corrected chi connectivity index (χ1v) is 11.1. The lowest BCUT2D eigenvalue weighted by molar-refractivity contribution is 0.102. The van der Waals surface area contributed by atoms with Gasteiger partial charge in [0.15, 0.2) is 0 Å². The summed E-state index contributed by atoms with van der Waals surface area (Å²) in [6, 6.07) is 19.9. The predicted molar refractivity (Wildman–Crippen MR) is 123 cm³/mol. The van der Waals surface area contributed by atoms with Gasteiger partial charge in [0.1, 0.15) is 12.4 Å². The largest absolute Gasteiger partial charge is 0.489 e. The molecule has 2 N–H and O–H groups in total. The molecular formula is C24H24N2O4S. The molecule has 0 spiro atoms. The van der Waals surface area contributed by atoms with Crippen molar-refractivity contribution in [3.05, 3.63) is 96.1 Å². The number of benzene rings is 3. The maximum Gasteiger partial charge on any atom is 0.261 e. The number of hydrogen-bond acceptors (Lipinski definition) is 4. The van der Waals surface area contributed by atoms with Crippen LogP contribution in [0.25, 0.3) is 0 Å². The van der Waals surface area contributed by atoms with Gasteiger partial charge < -0.3 is 10.1 Å². The van der Waals surface area contributed by atoms with E-state index in [9.17, 15) is 13.2 Å². The first-order chi connectivity index (χ1) is 14.7. The fourth-order valence-corrected chi connectivity index (χ4v) is 3.75. The maximum absolute atomic E-state index is 12.6.